The van der Waals surface area contributed by atoms with E-state index in [2.05, 4.69) is 65.0 Å². The minimum Gasteiger partial charge on any atom is -0.298 e. The first-order chi connectivity index (χ1) is 8.76. The number of ketones is 1. The van der Waals surface area contributed by atoms with Gasteiger partial charge in [-0.05, 0) is 56.5 Å². The standard InChI is InChI=1S/C18H20O/c1-11-9-12-7-6-8-13-15(12)14(10-11)18(4,5)16(19)17(13,2)3/h6-10H,1-5H3. The highest BCUT2D eigenvalue weighted by Crippen LogP contribution is 2.46. The van der Waals surface area contributed by atoms with Crippen molar-refractivity contribution in [1.29, 1.82) is 0 Å². The van der Waals surface area contributed by atoms with Gasteiger partial charge in [0.15, 0.2) is 5.78 Å². The molecule has 0 bridgehead atoms. The molecule has 0 atom stereocenters. The van der Waals surface area contributed by atoms with E-state index in [1.807, 2.05) is 0 Å². The number of hydrogen-bond acceptors (Lipinski definition) is 1. The zero-order valence-corrected chi connectivity index (χ0v) is 12.3. The van der Waals surface area contributed by atoms with Gasteiger partial charge in [0, 0.05) is 10.8 Å². The smallest absolute Gasteiger partial charge is 0.152 e. The molecule has 0 heterocycles. The Balaban J connectivity index is 2.57. The Labute approximate surface area is 114 Å². The highest BCUT2D eigenvalue weighted by atomic mass is 16.1. The van der Waals surface area contributed by atoms with Gasteiger partial charge in [-0.25, -0.2) is 0 Å². The highest BCUT2D eigenvalue weighted by Gasteiger charge is 2.46. The van der Waals surface area contributed by atoms with Gasteiger partial charge in [0.05, 0.1) is 0 Å². The summed E-state index contributed by atoms with van der Waals surface area (Å²) in [7, 11) is 0. The average Bonchev–Trinajstić information content (AvgIpc) is 2.34. The highest BCUT2D eigenvalue weighted by molar-refractivity contribution is 6.09. The molecular formula is C18H20O. The summed E-state index contributed by atoms with van der Waals surface area (Å²) < 4.78 is 0. The summed E-state index contributed by atoms with van der Waals surface area (Å²) in [6, 6.07) is 10.7. The van der Waals surface area contributed by atoms with Gasteiger partial charge in [-0.1, -0.05) is 35.9 Å². The van der Waals surface area contributed by atoms with Crippen molar-refractivity contribution in [2.24, 2.45) is 0 Å². The quantitative estimate of drug-likeness (QED) is 0.683. The van der Waals surface area contributed by atoms with Crippen molar-refractivity contribution < 1.29 is 4.79 Å². The normalized spacial score (nSPS) is 19.7. The number of Topliss-reactive ketones (excluding diaryl/α,β-unsaturated/α-hetero) is 1. The predicted octanol–water partition coefficient (Wildman–Crippen LogP) is 4.29. The van der Waals surface area contributed by atoms with E-state index in [-0.39, 0.29) is 0 Å². The molecule has 1 heteroatoms. The molecule has 1 aliphatic carbocycles. The number of aryl methyl sites for hydroxylation is 1. The number of hydrogen-bond donors (Lipinski definition) is 0. The topological polar surface area (TPSA) is 17.1 Å². The molecule has 0 amide bonds. The van der Waals surface area contributed by atoms with Crippen LogP contribution in [0.1, 0.15) is 44.4 Å². The SMILES string of the molecule is Cc1cc2c3c(cccc3c1)C(C)(C)C(=O)C2(C)C. The Morgan fingerprint density at radius 1 is 0.895 bits per heavy atom. The minimum absolute atomic E-state index is 0.311. The Morgan fingerprint density at radius 2 is 1.53 bits per heavy atom. The molecule has 19 heavy (non-hydrogen) atoms. The fourth-order valence-corrected chi connectivity index (χ4v) is 3.62. The third kappa shape index (κ3) is 1.44. The molecule has 0 spiro atoms. The van der Waals surface area contributed by atoms with Crippen molar-refractivity contribution in [1.82, 2.24) is 0 Å². The van der Waals surface area contributed by atoms with Crippen molar-refractivity contribution in [2.75, 3.05) is 0 Å². The maximum atomic E-state index is 12.9. The van der Waals surface area contributed by atoms with E-state index in [1.54, 1.807) is 0 Å². The van der Waals surface area contributed by atoms with Crippen LogP contribution in [0, 0.1) is 6.92 Å². The second-order valence-electron chi connectivity index (χ2n) is 6.80. The van der Waals surface area contributed by atoms with Gasteiger partial charge in [-0.15, -0.1) is 0 Å². The molecule has 2 aromatic carbocycles. The summed E-state index contributed by atoms with van der Waals surface area (Å²) in [5.41, 5.74) is 2.75. The molecule has 0 radical (unpaired) electrons. The summed E-state index contributed by atoms with van der Waals surface area (Å²) in [4.78, 5) is 12.9. The van der Waals surface area contributed by atoms with Crippen LogP contribution in [0.5, 0.6) is 0 Å². The summed E-state index contributed by atoms with van der Waals surface area (Å²) in [5.74, 6) is 0.311. The van der Waals surface area contributed by atoms with Crippen molar-refractivity contribution in [3.05, 3.63) is 47.0 Å². The van der Waals surface area contributed by atoms with Gasteiger partial charge < -0.3 is 0 Å². The van der Waals surface area contributed by atoms with Gasteiger partial charge in [-0.2, -0.15) is 0 Å². The van der Waals surface area contributed by atoms with Crippen LogP contribution in [0.3, 0.4) is 0 Å². The molecule has 1 nitrogen and oxygen atoms in total. The molecular weight excluding hydrogens is 232 g/mol. The van der Waals surface area contributed by atoms with Crippen LogP contribution in [0.25, 0.3) is 10.8 Å². The third-order valence-corrected chi connectivity index (χ3v) is 4.60. The average molecular weight is 252 g/mol. The summed E-state index contributed by atoms with van der Waals surface area (Å²) >= 11 is 0. The molecule has 0 unspecified atom stereocenters. The van der Waals surface area contributed by atoms with E-state index < -0.39 is 10.8 Å². The Bertz CT molecular complexity index is 705. The fourth-order valence-electron chi connectivity index (χ4n) is 3.62. The van der Waals surface area contributed by atoms with Crippen molar-refractivity contribution in [2.45, 2.75) is 45.4 Å². The van der Waals surface area contributed by atoms with E-state index in [9.17, 15) is 4.79 Å². The number of benzene rings is 2. The first-order valence-electron chi connectivity index (χ1n) is 6.85. The fraction of sp³-hybridized carbons (Fsp3) is 0.389. The zero-order valence-electron chi connectivity index (χ0n) is 12.3. The van der Waals surface area contributed by atoms with E-state index in [0.717, 1.165) is 0 Å². The number of carbonyl (C=O) groups is 1. The van der Waals surface area contributed by atoms with Crippen LogP contribution in [0.4, 0.5) is 0 Å². The molecule has 3 rings (SSSR count). The lowest BCUT2D eigenvalue weighted by atomic mass is 9.60. The molecule has 1 aliphatic rings. The third-order valence-electron chi connectivity index (χ3n) is 4.60. The largest absolute Gasteiger partial charge is 0.298 e. The van der Waals surface area contributed by atoms with Crippen LogP contribution in [0.2, 0.25) is 0 Å². The molecule has 0 aliphatic heterocycles. The number of rotatable bonds is 0. The molecule has 0 aromatic heterocycles. The van der Waals surface area contributed by atoms with Gasteiger partial charge in [-0.3, -0.25) is 4.79 Å². The van der Waals surface area contributed by atoms with Crippen LogP contribution < -0.4 is 0 Å². The van der Waals surface area contributed by atoms with Gasteiger partial charge in [0.1, 0.15) is 0 Å². The molecule has 98 valence electrons. The number of carbonyl (C=O) groups excluding carboxylic acids is 1. The second-order valence-corrected chi connectivity index (χ2v) is 6.80. The van der Waals surface area contributed by atoms with E-state index in [0.29, 0.717) is 5.78 Å². The molecule has 0 N–H and O–H groups in total. The zero-order chi connectivity index (χ0) is 14.0. The minimum atomic E-state index is -0.415. The van der Waals surface area contributed by atoms with Crippen LogP contribution in [-0.2, 0) is 15.6 Å². The monoisotopic (exact) mass is 252 g/mol. The van der Waals surface area contributed by atoms with Crippen molar-refractivity contribution in [3.8, 4) is 0 Å². The van der Waals surface area contributed by atoms with E-state index in [1.165, 1.54) is 27.5 Å². The van der Waals surface area contributed by atoms with Crippen LogP contribution in [0.15, 0.2) is 30.3 Å². The van der Waals surface area contributed by atoms with E-state index >= 15 is 0 Å². The summed E-state index contributed by atoms with van der Waals surface area (Å²) in [6.45, 7) is 10.3. The molecule has 0 saturated carbocycles. The van der Waals surface area contributed by atoms with Gasteiger partial charge in [0.25, 0.3) is 0 Å². The first kappa shape index (κ1) is 12.4. The lowest BCUT2D eigenvalue weighted by molar-refractivity contribution is -0.128. The van der Waals surface area contributed by atoms with Crippen LogP contribution in [-0.4, -0.2) is 5.78 Å². The maximum Gasteiger partial charge on any atom is 0.152 e. The lowest BCUT2D eigenvalue weighted by Gasteiger charge is -2.41. The Hall–Kier alpha value is -1.63. The summed E-state index contributed by atoms with van der Waals surface area (Å²) in [5, 5.41) is 2.53. The van der Waals surface area contributed by atoms with E-state index in [4.69, 9.17) is 0 Å². The first-order valence-corrected chi connectivity index (χ1v) is 6.85. The summed E-state index contributed by atoms with van der Waals surface area (Å²) in [6.07, 6.45) is 0. The Morgan fingerprint density at radius 3 is 2.21 bits per heavy atom. The van der Waals surface area contributed by atoms with Crippen LogP contribution >= 0.6 is 0 Å². The van der Waals surface area contributed by atoms with Gasteiger partial charge in [0.2, 0.25) is 0 Å². The second kappa shape index (κ2) is 3.47. The lowest BCUT2D eigenvalue weighted by Crippen LogP contribution is -2.46. The van der Waals surface area contributed by atoms with Crippen molar-refractivity contribution >= 4 is 16.6 Å². The molecule has 0 saturated heterocycles. The molecule has 0 fully saturated rings. The predicted molar refractivity (Wildman–Crippen MR) is 79.7 cm³/mol. The van der Waals surface area contributed by atoms with Crippen molar-refractivity contribution in [3.63, 3.8) is 0 Å². The Kier molecular flexibility index (Phi) is 2.27. The molecule has 2 aromatic rings. The van der Waals surface area contributed by atoms with Gasteiger partial charge >= 0.3 is 0 Å². The maximum absolute atomic E-state index is 12.9.